The molecule has 4 N–H and O–H groups in total. The molecule has 0 spiro atoms. The summed E-state index contributed by atoms with van der Waals surface area (Å²) in [6.07, 6.45) is -2.49. The van der Waals surface area contributed by atoms with Gasteiger partial charge in [-0.3, -0.25) is 0 Å². The van der Waals surface area contributed by atoms with Crippen molar-refractivity contribution in [2.75, 3.05) is 6.61 Å². The van der Waals surface area contributed by atoms with Crippen molar-refractivity contribution in [3.8, 4) is 5.75 Å². The summed E-state index contributed by atoms with van der Waals surface area (Å²) < 4.78 is 28.9. The van der Waals surface area contributed by atoms with E-state index in [0.29, 0.717) is 12.3 Å². The van der Waals surface area contributed by atoms with Crippen molar-refractivity contribution < 1.29 is 13.5 Å². The van der Waals surface area contributed by atoms with E-state index in [0.717, 1.165) is 11.1 Å². The second kappa shape index (κ2) is 5.77. The lowest BCUT2D eigenvalue weighted by molar-refractivity contribution is 0.0818. The summed E-state index contributed by atoms with van der Waals surface area (Å²) in [7, 11) is 0. The van der Waals surface area contributed by atoms with Crippen LogP contribution in [0.5, 0.6) is 5.75 Å². The van der Waals surface area contributed by atoms with E-state index in [2.05, 4.69) is 0 Å². The second-order valence-electron chi connectivity index (χ2n) is 3.61. The Morgan fingerprint density at radius 2 is 2.00 bits per heavy atom. The number of halogens is 2. The molecule has 1 aromatic rings. The van der Waals surface area contributed by atoms with Crippen molar-refractivity contribution in [2.24, 2.45) is 11.5 Å². The molecule has 0 radical (unpaired) electrons. The van der Waals surface area contributed by atoms with Crippen LogP contribution in [0.25, 0.3) is 0 Å². The van der Waals surface area contributed by atoms with Gasteiger partial charge in [-0.25, -0.2) is 8.78 Å². The van der Waals surface area contributed by atoms with Crippen LogP contribution in [0.4, 0.5) is 8.78 Å². The molecule has 0 bridgehead atoms. The second-order valence-corrected chi connectivity index (χ2v) is 3.61. The third-order valence-electron chi connectivity index (χ3n) is 2.13. The predicted molar refractivity (Wildman–Crippen MR) is 58.4 cm³/mol. The van der Waals surface area contributed by atoms with Gasteiger partial charge in [-0.05, 0) is 30.2 Å². The standard InChI is InChI=1S/C11H16F2N2O/c1-7(15)9-2-8(5-14)3-10(4-9)16-6-11(12)13/h2-4,7,11H,5-6,14-15H2,1H3. The summed E-state index contributed by atoms with van der Waals surface area (Å²) in [4.78, 5) is 0. The van der Waals surface area contributed by atoms with E-state index < -0.39 is 13.0 Å². The summed E-state index contributed by atoms with van der Waals surface area (Å²) in [6, 6.07) is 4.97. The van der Waals surface area contributed by atoms with E-state index in [4.69, 9.17) is 16.2 Å². The van der Waals surface area contributed by atoms with Crippen LogP contribution in [0.1, 0.15) is 24.1 Å². The third-order valence-corrected chi connectivity index (χ3v) is 2.13. The zero-order valence-corrected chi connectivity index (χ0v) is 9.12. The Kier molecular flexibility index (Phi) is 4.64. The lowest BCUT2D eigenvalue weighted by atomic mass is 10.1. The minimum absolute atomic E-state index is 0.180. The number of benzene rings is 1. The summed E-state index contributed by atoms with van der Waals surface area (Å²) in [5.74, 6) is 0.385. The van der Waals surface area contributed by atoms with Crippen LogP contribution in [0.2, 0.25) is 0 Å². The maximum absolute atomic E-state index is 12.0. The molecule has 0 amide bonds. The molecule has 0 heterocycles. The molecule has 16 heavy (non-hydrogen) atoms. The molecule has 1 aromatic carbocycles. The fourth-order valence-corrected chi connectivity index (χ4v) is 1.31. The first-order valence-electron chi connectivity index (χ1n) is 5.03. The fraction of sp³-hybridized carbons (Fsp3) is 0.455. The van der Waals surface area contributed by atoms with Crippen LogP contribution >= 0.6 is 0 Å². The van der Waals surface area contributed by atoms with Gasteiger partial charge in [0.25, 0.3) is 6.43 Å². The van der Waals surface area contributed by atoms with Crippen LogP contribution in [0, 0.1) is 0 Å². The highest BCUT2D eigenvalue weighted by Crippen LogP contribution is 2.21. The molecule has 0 saturated carbocycles. The molecule has 0 fully saturated rings. The molecule has 5 heteroatoms. The molecule has 0 aliphatic carbocycles. The van der Waals surface area contributed by atoms with Gasteiger partial charge in [0, 0.05) is 12.6 Å². The summed E-state index contributed by atoms with van der Waals surface area (Å²) >= 11 is 0. The Morgan fingerprint density at radius 3 is 2.50 bits per heavy atom. The van der Waals surface area contributed by atoms with Gasteiger partial charge in [0.05, 0.1) is 0 Å². The molecule has 0 aliphatic rings. The SMILES string of the molecule is CC(N)c1cc(CN)cc(OCC(F)F)c1. The number of nitrogens with two attached hydrogens (primary N) is 2. The van der Waals surface area contributed by atoms with Gasteiger partial charge in [0.2, 0.25) is 0 Å². The maximum Gasteiger partial charge on any atom is 0.272 e. The highest BCUT2D eigenvalue weighted by atomic mass is 19.3. The number of ether oxygens (including phenoxy) is 1. The van der Waals surface area contributed by atoms with Crippen LogP contribution in [-0.4, -0.2) is 13.0 Å². The zero-order chi connectivity index (χ0) is 12.1. The van der Waals surface area contributed by atoms with E-state index in [1.165, 1.54) is 0 Å². The Hall–Kier alpha value is -1.20. The minimum atomic E-state index is -2.49. The van der Waals surface area contributed by atoms with Crippen LogP contribution in [-0.2, 0) is 6.54 Å². The number of alkyl halides is 2. The third kappa shape index (κ3) is 3.75. The van der Waals surface area contributed by atoms with Gasteiger partial charge in [-0.15, -0.1) is 0 Å². The van der Waals surface area contributed by atoms with E-state index in [9.17, 15) is 8.78 Å². The highest BCUT2D eigenvalue weighted by molar-refractivity contribution is 5.35. The van der Waals surface area contributed by atoms with E-state index in [-0.39, 0.29) is 6.04 Å². The molecule has 90 valence electrons. The fourth-order valence-electron chi connectivity index (χ4n) is 1.31. The quantitative estimate of drug-likeness (QED) is 0.811. The smallest absolute Gasteiger partial charge is 0.272 e. The van der Waals surface area contributed by atoms with Gasteiger partial charge in [-0.1, -0.05) is 6.07 Å². The van der Waals surface area contributed by atoms with Crippen LogP contribution in [0.3, 0.4) is 0 Å². The topological polar surface area (TPSA) is 61.3 Å². The molecular weight excluding hydrogens is 214 g/mol. The summed E-state index contributed by atoms with van der Waals surface area (Å²) in [5.41, 5.74) is 12.9. The van der Waals surface area contributed by atoms with Crippen LogP contribution < -0.4 is 16.2 Å². The lowest BCUT2D eigenvalue weighted by Crippen LogP contribution is -2.10. The first kappa shape index (κ1) is 12.9. The van der Waals surface area contributed by atoms with E-state index >= 15 is 0 Å². The zero-order valence-electron chi connectivity index (χ0n) is 9.12. The maximum atomic E-state index is 12.0. The molecule has 0 saturated heterocycles. The molecule has 0 aliphatic heterocycles. The predicted octanol–water partition coefficient (Wildman–Crippen LogP) is 1.81. The monoisotopic (exact) mass is 230 g/mol. The molecule has 1 atom stereocenters. The first-order chi connectivity index (χ1) is 7.52. The largest absolute Gasteiger partial charge is 0.488 e. The lowest BCUT2D eigenvalue weighted by Gasteiger charge is -2.12. The van der Waals surface area contributed by atoms with Gasteiger partial charge in [0.15, 0.2) is 0 Å². The first-order valence-corrected chi connectivity index (χ1v) is 5.03. The Labute approximate surface area is 93.4 Å². The molecule has 1 unspecified atom stereocenters. The molecule has 0 aromatic heterocycles. The Bertz CT molecular complexity index is 343. The average molecular weight is 230 g/mol. The van der Waals surface area contributed by atoms with Crippen molar-refractivity contribution in [1.82, 2.24) is 0 Å². The Balaban J connectivity index is 2.86. The number of hydrogen-bond acceptors (Lipinski definition) is 3. The minimum Gasteiger partial charge on any atom is -0.488 e. The van der Waals surface area contributed by atoms with Crippen molar-refractivity contribution >= 4 is 0 Å². The van der Waals surface area contributed by atoms with Gasteiger partial charge in [-0.2, -0.15) is 0 Å². The molecule has 1 rings (SSSR count). The normalized spacial score (nSPS) is 12.9. The molecule has 3 nitrogen and oxygen atoms in total. The van der Waals surface area contributed by atoms with Crippen molar-refractivity contribution in [3.63, 3.8) is 0 Å². The van der Waals surface area contributed by atoms with E-state index in [1.807, 2.05) is 13.0 Å². The van der Waals surface area contributed by atoms with Gasteiger partial charge in [0.1, 0.15) is 12.4 Å². The van der Waals surface area contributed by atoms with Gasteiger partial charge >= 0.3 is 0 Å². The van der Waals surface area contributed by atoms with E-state index in [1.54, 1.807) is 12.1 Å². The van der Waals surface area contributed by atoms with Crippen molar-refractivity contribution in [3.05, 3.63) is 29.3 Å². The highest BCUT2D eigenvalue weighted by Gasteiger charge is 2.07. The molecular formula is C11H16F2N2O. The number of rotatable bonds is 5. The Morgan fingerprint density at radius 1 is 1.31 bits per heavy atom. The van der Waals surface area contributed by atoms with Crippen molar-refractivity contribution in [2.45, 2.75) is 25.9 Å². The average Bonchev–Trinajstić information content (AvgIpc) is 2.25. The summed E-state index contributed by atoms with van der Waals surface area (Å²) in [6.45, 7) is 1.52. The number of hydrogen-bond donors (Lipinski definition) is 2. The van der Waals surface area contributed by atoms with Gasteiger partial charge < -0.3 is 16.2 Å². The van der Waals surface area contributed by atoms with Crippen molar-refractivity contribution in [1.29, 1.82) is 0 Å². The van der Waals surface area contributed by atoms with Crippen LogP contribution in [0.15, 0.2) is 18.2 Å². The summed E-state index contributed by atoms with van der Waals surface area (Å²) in [5, 5.41) is 0.